The van der Waals surface area contributed by atoms with Crippen molar-refractivity contribution in [3.63, 3.8) is 0 Å². The summed E-state index contributed by atoms with van der Waals surface area (Å²) < 4.78 is 6.07. The molecule has 0 saturated carbocycles. The second-order valence-corrected chi connectivity index (χ2v) is 5.72. The van der Waals surface area contributed by atoms with Crippen molar-refractivity contribution in [2.75, 3.05) is 11.4 Å². The standard InChI is InChI=1S/C18H25NO3/c1-5-11-19-14-12-13(15(20)6-2)9-10-16(14)22-18(7-3,8-4)17(19)21/h9-10,12H,5-8,11H2,1-4H3. The lowest BCUT2D eigenvalue weighted by atomic mass is 9.92. The van der Waals surface area contributed by atoms with Crippen LogP contribution < -0.4 is 9.64 Å². The molecule has 1 heterocycles. The van der Waals surface area contributed by atoms with Crippen molar-refractivity contribution in [2.45, 2.75) is 59.0 Å². The zero-order valence-corrected chi connectivity index (χ0v) is 13.9. The molecule has 4 heteroatoms. The van der Waals surface area contributed by atoms with Crippen LogP contribution in [0.3, 0.4) is 0 Å². The number of carbonyl (C=O) groups excluding carboxylic acids is 2. The van der Waals surface area contributed by atoms with Gasteiger partial charge in [-0.1, -0.05) is 27.7 Å². The molecule has 0 saturated heterocycles. The first-order chi connectivity index (χ1) is 10.5. The van der Waals surface area contributed by atoms with Gasteiger partial charge in [-0.2, -0.15) is 0 Å². The van der Waals surface area contributed by atoms with E-state index in [2.05, 4.69) is 0 Å². The number of anilines is 1. The molecule has 0 spiro atoms. The fourth-order valence-electron chi connectivity index (χ4n) is 2.94. The lowest BCUT2D eigenvalue weighted by molar-refractivity contribution is -0.136. The summed E-state index contributed by atoms with van der Waals surface area (Å²) in [4.78, 5) is 26.7. The van der Waals surface area contributed by atoms with Crippen LogP contribution in [0.25, 0.3) is 0 Å². The fraction of sp³-hybridized carbons (Fsp3) is 0.556. The van der Waals surface area contributed by atoms with E-state index >= 15 is 0 Å². The smallest absolute Gasteiger partial charge is 0.271 e. The van der Waals surface area contributed by atoms with E-state index in [0.717, 1.165) is 12.1 Å². The highest BCUT2D eigenvalue weighted by Gasteiger charge is 2.45. The highest BCUT2D eigenvalue weighted by atomic mass is 16.5. The highest BCUT2D eigenvalue weighted by Crippen LogP contribution is 2.41. The maximum absolute atomic E-state index is 12.9. The number of ketones is 1. The number of ether oxygens (including phenoxy) is 1. The molecule has 1 aromatic carbocycles. The third-order valence-corrected chi connectivity index (χ3v) is 4.42. The van der Waals surface area contributed by atoms with Crippen LogP contribution >= 0.6 is 0 Å². The zero-order valence-electron chi connectivity index (χ0n) is 13.9. The van der Waals surface area contributed by atoms with Gasteiger partial charge in [0.15, 0.2) is 11.4 Å². The quantitative estimate of drug-likeness (QED) is 0.747. The van der Waals surface area contributed by atoms with Crippen molar-refractivity contribution < 1.29 is 14.3 Å². The molecule has 0 N–H and O–H groups in total. The molecule has 0 radical (unpaired) electrons. The van der Waals surface area contributed by atoms with Crippen molar-refractivity contribution in [3.05, 3.63) is 23.8 Å². The molecule has 0 aromatic heterocycles. The van der Waals surface area contributed by atoms with Crippen LogP contribution in [0, 0.1) is 0 Å². The van der Waals surface area contributed by atoms with Crippen LogP contribution in [0.1, 0.15) is 63.7 Å². The number of Topliss-reactive ketones (excluding diaryl/α,β-unsaturated/α-hetero) is 1. The van der Waals surface area contributed by atoms with E-state index < -0.39 is 5.60 Å². The first-order valence-corrected chi connectivity index (χ1v) is 8.21. The molecule has 4 nitrogen and oxygen atoms in total. The van der Waals surface area contributed by atoms with Gasteiger partial charge in [0.1, 0.15) is 5.75 Å². The van der Waals surface area contributed by atoms with Crippen molar-refractivity contribution in [2.24, 2.45) is 0 Å². The van der Waals surface area contributed by atoms with Gasteiger partial charge in [-0.15, -0.1) is 0 Å². The molecular formula is C18H25NO3. The molecule has 2 rings (SSSR count). The van der Waals surface area contributed by atoms with Crippen LogP contribution in [0.5, 0.6) is 5.75 Å². The molecule has 0 fully saturated rings. The summed E-state index contributed by atoms with van der Waals surface area (Å²) in [5.74, 6) is 0.784. The fourth-order valence-corrected chi connectivity index (χ4v) is 2.94. The van der Waals surface area contributed by atoms with Gasteiger partial charge in [-0.25, -0.2) is 0 Å². The van der Waals surface area contributed by atoms with Crippen molar-refractivity contribution in [3.8, 4) is 5.75 Å². The molecule has 1 aliphatic heterocycles. The summed E-state index contributed by atoms with van der Waals surface area (Å²) >= 11 is 0. The Morgan fingerprint density at radius 1 is 1.18 bits per heavy atom. The van der Waals surface area contributed by atoms with Crippen LogP contribution in [0.15, 0.2) is 18.2 Å². The Hall–Kier alpha value is -1.84. The van der Waals surface area contributed by atoms with Gasteiger partial charge in [0.05, 0.1) is 5.69 Å². The summed E-state index contributed by atoms with van der Waals surface area (Å²) in [7, 11) is 0. The number of rotatable bonds is 6. The van der Waals surface area contributed by atoms with Crippen LogP contribution in [0.4, 0.5) is 5.69 Å². The van der Waals surface area contributed by atoms with E-state index in [1.807, 2.05) is 33.8 Å². The maximum Gasteiger partial charge on any atom is 0.271 e. The number of hydrogen-bond acceptors (Lipinski definition) is 3. The third-order valence-electron chi connectivity index (χ3n) is 4.42. The summed E-state index contributed by atoms with van der Waals surface area (Å²) in [6.07, 6.45) is 2.59. The zero-order chi connectivity index (χ0) is 16.3. The molecule has 0 atom stereocenters. The van der Waals surface area contributed by atoms with Gasteiger partial charge in [0, 0.05) is 18.5 Å². The van der Waals surface area contributed by atoms with Crippen LogP contribution in [-0.2, 0) is 4.79 Å². The minimum absolute atomic E-state index is 0.00736. The molecule has 1 aliphatic rings. The van der Waals surface area contributed by atoms with E-state index in [1.165, 1.54) is 0 Å². The summed E-state index contributed by atoms with van der Waals surface area (Å²) in [6, 6.07) is 5.41. The number of fused-ring (bicyclic) bond motifs is 1. The van der Waals surface area contributed by atoms with Gasteiger partial charge in [-0.3, -0.25) is 9.59 Å². The summed E-state index contributed by atoms with van der Waals surface area (Å²) in [5, 5.41) is 0. The molecule has 120 valence electrons. The lowest BCUT2D eigenvalue weighted by Gasteiger charge is -2.42. The minimum atomic E-state index is -0.779. The van der Waals surface area contributed by atoms with E-state index in [-0.39, 0.29) is 11.7 Å². The Kier molecular flexibility index (Phi) is 4.89. The Labute approximate surface area is 132 Å². The molecule has 0 aliphatic carbocycles. The second kappa shape index (κ2) is 6.51. The van der Waals surface area contributed by atoms with Gasteiger partial charge in [-0.05, 0) is 37.5 Å². The molecular weight excluding hydrogens is 278 g/mol. The number of amides is 1. The minimum Gasteiger partial charge on any atom is -0.475 e. The largest absolute Gasteiger partial charge is 0.475 e. The topological polar surface area (TPSA) is 46.6 Å². The van der Waals surface area contributed by atoms with Gasteiger partial charge in [0.2, 0.25) is 0 Å². The van der Waals surface area contributed by atoms with E-state index in [0.29, 0.717) is 37.1 Å². The van der Waals surface area contributed by atoms with Gasteiger partial charge < -0.3 is 9.64 Å². The highest BCUT2D eigenvalue weighted by molar-refractivity contribution is 6.05. The molecule has 0 unspecified atom stereocenters. The van der Waals surface area contributed by atoms with Crippen molar-refractivity contribution in [1.82, 2.24) is 0 Å². The van der Waals surface area contributed by atoms with Crippen molar-refractivity contribution in [1.29, 1.82) is 0 Å². The van der Waals surface area contributed by atoms with Crippen molar-refractivity contribution >= 4 is 17.4 Å². The summed E-state index contributed by atoms with van der Waals surface area (Å²) in [5.41, 5.74) is 0.585. The molecule has 22 heavy (non-hydrogen) atoms. The van der Waals surface area contributed by atoms with Crippen LogP contribution in [-0.4, -0.2) is 23.8 Å². The SMILES string of the molecule is CCCN1C(=O)C(CC)(CC)Oc2ccc(C(=O)CC)cc21. The molecule has 1 amide bonds. The van der Waals surface area contributed by atoms with Gasteiger partial charge in [0.25, 0.3) is 5.91 Å². The average molecular weight is 303 g/mol. The third kappa shape index (κ3) is 2.62. The monoisotopic (exact) mass is 303 g/mol. The Balaban J connectivity index is 2.53. The predicted molar refractivity (Wildman–Crippen MR) is 87.6 cm³/mol. The van der Waals surface area contributed by atoms with E-state index in [1.54, 1.807) is 17.0 Å². The molecule has 1 aromatic rings. The van der Waals surface area contributed by atoms with E-state index in [4.69, 9.17) is 4.74 Å². The lowest BCUT2D eigenvalue weighted by Crippen LogP contribution is -2.55. The predicted octanol–water partition coefficient (Wildman–Crippen LogP) is 3.97. The number of nitrogens with zero attached hydrogens (tertiary/aromatic N) is 1. The first kappa shape index (κ1) is 16.5. The summed E-state index contributed by atoms with van der Waals surface area (Å²) in [6.45, 7) is 8.48. The van der Waals surface area contributed by atoms with Gasteiger partial charge >= 0.3 is 0 Å². The Morgan fingerprint density at radius 2 is 1.86 bits per heavy atom. The maximum atomic E-state index is 12.9. The normalized spacial score (nSPS) is 16.2. The van der Waals surface area contributed by atoms with Crippen LogP contribution in [0.2, 0.25) is 0 Å². The van der Waals surface area contributed by atoms with E-state index in [9.17, 15) is 9.59 Å². The Bertz CT molecular complexity index is 576. The number of carbonyl (C=O) groups is 2. The number of benzene rings is 1. The average Bonchev–Trinajstić information content (AvgIpc) is 2.56. The first-order valence-electron chi connectivity index (χ1n) is 8.21. The Morgan fingerprint density at radius 3 is 2.41 bits per heavy atom. The second-order valence-electron chi connectivity index (χ2n) is 5.72. The number of hydrogen-bond donors (Lipinski definition) is 0. The molecule has 0 bridgehead atoms.